The third kappa shape index (κ3) is 5.27. The van der Waals surface area contributed by atoms with E-state index in [-0.39, 0.29) is 17.3 Å². The summed E-state index contributed by atoms with van der Waals surface area (Å²) in [5, 5.41) is 12.2. The van der Waals surface area contributed by atoms with Crippen LogP contribution in [-0.2, 0) is 38.8 Å². The van der Waals surface area contributed by atoms with Gasteiger partial charge in [0.2, 0.25) is 5.91 Å². The summed E-state index contributed by atoms with van der Waals surface area (Å²) in [6.45, 7) is 2.05. The Morgan fingerprint density at radius 1 is 1.00 bits per heavy atom. The number of imidazole rings is 1. The molecule has 35 heavy (non-hydrogen) atoms. The molecule has 2 aromatic carbocycles. The minimum absolute atomic E-state index is 0.101. The molecule has 1 amide bonds. The molecule has 0 radical (unpaired) electrons. The van der Waals surface area contributed by atoms with E-state index in [0.29, 0.717) is 10.8 Å². The predicted octanol–water partition coefficient (Wildman–Crippen LogP) is 3.23. The van der Waals surface area contributed by atoms with Crippen molar-refractivity contribution in [3.63, 3.8) is 0 Å². The summed E-state index contributed by atoms with van der Waals surface area (Å²) in [5.74, 6) is 1.87. The van der Waals surface area contributed by atoms with Crippen LogP contribution in [0.4, 0.5) is 5.69 Å². The molecule has 0 saturated heterocycles. The zero-order valence-electron chi connectivity index (χ0n) is 20.7. The lowest BCUT2D eigenvalue weighted by atomic mass is 10.0. The van der Waals surface area contributed by atoms with Gasteiger partial charge in [0.05, 0.1) is 23.9 Å². The van der Waals surface area contributed by atoms with Crippen molar-refractivity contribution in [3.05, 3.63) is 63.8 Å². The van der Waals surface area contributed by atoms with E-state index in [0.717, 1.165) is 47.4 Å². The Morgan fingerprint density at radius 2 is 1.77 bits per heavy atom. The van der Waals surface area contributed by atoms with Crippen LogP contribution in [0.3, 0.4) is 0 Å². The zero-order chi connectivity index (χ0) is 25.1. The van der Waals surface area contributed by atoms with Crippen molar-refractivity contribution in [2.24, 2.45) is 21.1 Å². The van der Waals surface area contributed by atoms with E-state index in [4.69, 9.17) is 4.74 Å². The molecule has 10 heteroatoms. The number of carbonyl (C=O) groups excluding carboxylic acids is 1. The number of anilines is 1. The maximum atomic E-state index is 12.5. The summed E-state index contributed by atoms with van der Waals surface area (Å²) in [5.41, 5.74) is 4.54. The molecule has 0 unspecified atom stereocenters. The first-order valence-electron chi connectivity index (χ1n) is 11.4. The van der Waals surface area contributed by atoms with Crippen LogP contribution < -0.4 is 15.7 Å². The lowest BCUT2D eigenvalue weighted by Crippen LogP contribution is -2.19. The maximum absolute atomic E-state index is 12.5. The van der Waals surface area contributed by atoms with E-state index in [1.807, 2.05) is 36.7 Å². The number of thioether (sulfide) groups is 1. The Balaban J connectivity index is 1.30. The first kappa shape index (κ1) is 24.6. The van der Waals surface area contributed by atoms with E-state index in [1.54, 1.807) is 36.4 Å². The summed E-state index contributed by atoms with van der Waals surface area (Å²) < 4.78 is 10.4. The highest BCUT2D eigenvalue weighted by atomic mass is 32.2. The number of aryl methyl sites for hydroxylation is 5. The Kier molecular flexibility index (Phi) is 7.30. The molecule has 2 aromatic heterocycles. The highest BCUT2D eigenvalue weighted by molar-refractivity contribution is 7.99. The minimum atomic E-state index is -0.144. The molecule has 0 aliphatic rings. The maximum Gasteiger partial charge on any atom is 0.328 e. The monoisotopic (exact) mass is 494 g/mol. The number of carbonyl (C=O) groups is 1. The number of benzene rings is 2. The number of amides is 1. The van der Waals surface area contributed by atoms with Crippen LogP contribution in [0.25, 0.3) is 11.0 Å². The summed E-state index contributed by atoms with van der Waals surface area (Å²) in [6, 6.07) is 11.7. The molecule has 0 saturated carbocycles. The van der Waals surface area contributed by atoms with E-state index in [1.165, 1.54) is 17.3 Å². The van der Waals surface area contributed by atoms with Gasteiger partial charge in [-0.2, -0.15) is 0 Å². The van der Waals surface area contributed by atoms with E-state index >= 15 is 0 Å². The molecule has 0 spiro atoms. The normalized spacial score (nSPS) is 11.2. The highest BCUT2D eigenvalue weighted by Crippen LogP contribution is 2.21. The largest absolute Gasteiger partial charge is 0.496 e. The number of nitrogens with zero attached hydrogens (tertiary/aromatic N) is 5. The Labute approximate surface area is 208 Å². The number of hydrogen-bond donors (Lipinski definition) is 1. The van der Waals surface area contributed by atoms with Gasteiger partial charge in [-0.15, -0.1) is 10.2 Å². The molecule has 4 rings (SSSR count). The molecule has 0 aliphatic heterocycles. The first-order chi connectivity index (χ1) is 16.8. The van der Waals surface area contributed by atoms with Crippen molar-refractivity contribution in [1.82, 2.24) is 23.9 Å². The van der Waals surface area contributed by atoms with Crippen molar-refractivity contribution >= 4 is 34.4 Å². The third-order valence-electron chi connectivity index (χ3n) is 6.14. The molecule has 0 bridgehead atoms. The predicted molar refractivity (Wildman–Crippen MR) is 138 cm³/mol. The fourth-order valence-corrected chi connectivity index (χ4v) is 4.88. The van der Waals surface area contributed by atoms with Crippen molar-refractivity contribution in [2.75, 3.05) is 18.2 Å². The number of rotatable bonds is 9. The van der Waals surface area contributed by atoms with Gasteiger partial charge in [-0.05, 0) is 55.2 Å². The molecule has 0 fully saturated rings. The molecule has 184 valence electrons. The molecular formula is C25H30N6O3S. The number of aromatic nitrogens is 5. The van der Waals surface area contributed by atoms with Crippen molar-refractivity contribution in [3.8, 4) is 5.75 Å². The summed E-state index contributed by atoms with van der Waals surface area (Å²) in [4.78, 5) is 24.6. The quantitative estimate of drug-likeness (QED) is 0.359. The van der Waals surface area contributed by atoms with Crippen LogP contribution in [0, 0.1) is 6.92 Å². The fraction of sp³-hybridized carbons (Fsp3) is 0.360. The van der Waals surface area contributed by atoms with E-state index < -0.39 is 0 Å². The molecule has 0 aliphatic carbocycles. The number of ether oxygens (including phenoxy) is 1. The second-order valence-electron chi connectivity index (χ2n) is 8.56. The van der Waals surface area contributed by atoms with Gasteiger partial charge in [-0.1, -0.05) is 23.9 Å². The van der Waals surface area contributed by atoms with Gasteiger partial charge in [-0.25, -0.2) is 4.79 Å². The van der Waals surface area contributed by atoms with Crippen LogP contribution in [0.15, 0.2) is 46.3 Å². The van der Waals surface area contributed by atoms with Crippen molar-refractivity contribution < 1.29 is 9.53 Å². The second-order valence-corrected chi connectivity index (χ2v) is 9.50. The molecule has 1 N–H and O–H groups in total. The Bertz CT molecular complexity index is 1440. The van der Waals surface area contributed by atoms with Gasteiger partial charge < -0.3 is 14.6 Å². The lowest BCUT2D eigenvalue weighted by Gasteiger charge is -2.08. The van der Waals surface area contributed by atoms with Gasteiger partial charge in [-0.3, -0.25) is 13.9 Å². The van der Waals surface area contributed by atoms with E-state index in [9.17, 15) is 9.59 Å². The fourth-order valence-electron chi connectivity index (χ4n) is 4.15. The van der Waals surface area contributed by atoms with Crippen LogP contribution in [0.2, 0.25) is 0 Å². The number of hydrogen-bond acceptors (Lipinski definition) is 6. The van der Waals surface area contributed by atoms with Crippen LogP contribution >= 0.6 is 11.8 Å². The Morgan fingerprint density at radius 3 is 2.51 bits per heavy atom. The number of methoxy groups -OCH3 is 1. The highest BCUT2D eigenvalue weighted by Gasteiger charge is 2.13. The standard InChI is InChI=1S/C25H30N6O3S/c1-16-13-17(9-12-21(16)34-5)7-6-8-22-27-28-24(31(22)4)35-15-23(32)26-18-10-11-19-20(14-18)30(3)25(33)29(19)2/h9-14H,6-8,15H2,1-5H3,(H,26,32). The zero-order valence-corrected chi connectivity index (χ0v) is 21.5. The molecule has 0 atom stereocenters. The van der Waals surface area contributed by atoms with Crippen LogP contribution in [0.1, 0.15) is 23.4 Å². The minimum Gasteiger partial charge on any atom is -0.496 e. The average molecular weight is 495 g/mol. The van der Waals surface area contributed by atoms with Crippen LogP contribution in [0.5, 0.6) is 5.75 Å². The Hall–Kier alpha value is -3.53. The number of nitrogens with one attached hydrogen (secondary N) is 1. The third-order valence-corrected chi connectivity index (χ3v) is 7.16. The second kappa shape index (κ2) is 10.4. The lowest BCUT2D eigenvalue weighted by molar-refractivity contribution is -0.113. The average Bonchev–Trinajstić information content (AvgIpc) is 3.30. The molecule has 2 heterocycles. The van der Waals surface area contributed by atoms with Gasteiger partial charge >= 0.3 is 5.69 Å². The van der Waals surface area contributed by atoms with Crippen molar-refractivity contribution in [1.29, 1.82) is 0 Å². The number of fused-ring (bicyclic) bond motifs is 1. The molecular weight excluding hydrogens is 464 g/mol. The molecule has 9 nitrogen and oxygen atoms in total. The van der Waals surface area contributed by atoms with Gasteiger partial charge in [0.15, 0.2) is 5.16 Å². The SMILES string of the molecule is COc1ccc(CCCc2nnc(SCC(=O)Nc3ccc4c(c3)n(C)c(=O)n4C)n2C)cc1C. The van der Waals surface area contributed by atoms with Gasteiger partial charge in [0, 0.05) is 33.3 Å². The van der Waals surface area contributed by atoms with Gasteiger partial charge in [0.25, 0.3) is 0 Å². The van der Waals surface area contributed by atoms with E-state index in [2.05, 4.69) is 27.6 Å². The van der Waals surface area contributed by atoms with Gasteiger partial charge in [0.1, 0.15) is 11.6 Å². The smallest absolute Gasteiger partial charge is 0.328 e. The topological polar surface area (TPSA) is 96.0 Å². The summed E-state index contributed by atoms with van der Waals surface area (Å²) >= 11 is 1.35. The van der Waals surface area contributed by atoms with Crippen molar-refractivity contribution in [2.45, 2.75) is 31.3 Å². The first-order valence-corrected chi connectivity index (χ1v) is 12.4. The van der Waals surface area contributed by atoms with Crippen LogP contribution in [-0.4, -0.2) is 42.7 Å². The summed E-state index contributed by atoms with van der Waals surface area (Å²) in [6.07, 6.45) is 2.70. The summed E-state index contributed by atoms with van der Waals surface area (Å²) in [7, 11) is 7.06. The molecule has 4 aromatic rings.